The van der Waals surface area contributed by atoms with Gasteiger partial charge in [-0.15, -0.1) is 0 Å². The highest BCUT2D eigenvalue weighted by Crippen LogP contribution is 2.33. The van der Waals surface area contributed by atoms with Crippen LogP contribution in [0.15, 0.2) is 53.7 Å². The second kappa shape index (κ2) is 9.03. The SMILES string of the molecule is O=C(NCc1cc(F)cc(-c2cnn(-c3ccsc3)c2)c1)c1ncnc2nc(C3CCCC3)[nH]c12. The van der Waals surface area contributed by atoms with Crippen LogP contribution in [-0.4, -0.2) is 35.6 Å². The molecule has 0 saturated heterocycles. The monoisotopic (exact) mass is 487 g/mol. The van der Waals surface area contributed by atoms with Crippen LogP contribution in [0.2, 0.25) is 0 Å². The number of carbonyl (C=O) groups excluding carboxylic acids is 1. The Morgan fingerprint density at radius 3 is 2.91 bits per heavy atom. The van der Waals surface area contributed by atoms with Crippen LogP contribution >= 0.6 is 11.3 Å². The fraction of sp³-hybridized carbons (Fsp3) is 0.240. The third-order valence-electron chi connectivity index (χ3n) is 6.36. The Labute approximate surface area is 204 Å². The van der Waals surface area contributed by atoms with Crippen molar-refractivity contribution in [3.63, 3.8) is 0 Å². The van der Waals surface area contributed by atoms with Crippen LogP contribution in [0.25, 0.3) is 28.0 Å². The smallest absolute Gasteiger partial charge is 0.272 e. The Balaban J connectivity index is 1.21. The van der Waals surface area contributed by atoms with E-state index in [1.165, 1.54) is 31.3 Å². The minimum Gasteiger partial charge on any atom is -0.347 e. The van der Waals surface area contributed by atoms with Gasteiger partial charge in [0.15, 0.2) is 11.3 Å². The van der Waals surface area contributed by atoms with Gasteiger partial charge in [-0.2, -0.15) is 16.4 Å². The number of H-pyrrole nitrogens is 1. The van der Waals surface area contributed by atoms with Crippen molar-refractivity contribution in [2.75, 3.05) is 0 Å². The normalized spacial score (nSPS) is 14.1. The number of thiophene rings is 1. The van der Waals surface area contributed by atoms with Crippen LogP contribution < -0.4 is 5.32 Å². The summed E-state index contributed by atoms with van der Waals surface area (Å²) in [6, 6.07) is 6.69. The van der Waals surface area contributed by atoms with Crippen molar-refractivity contribution in [1.29, 1.82) is 0 Å². The van der Waals surface area contributed by atoms with Crippen molar-refractivity contribution in [2.24, 2.45) is 0 Å². The van der Waals surface area contributed by atoms with E-state index in [0.29, 0.717) is 28.2 Å². The van der Waals surface area contributed by atoms with E-state index in [1.54, 1.807) is 22.2 Å². The third-order valence-corrected chi connectivity index (χ3v) is 7.03. The first-order valence-corrected chi connectivity index (χ1v) is 12.4. The highest BCUT2D eigenvalue weighted by molar-refractivity contribution is 7.08. The van der Waals surface area contributed by atoms with Crippen molar-refractivity contribution in [3.8, 4) is 16.8 Å². The maximum absolute atomic E-state index is 14.4. The first-order chi connectivity index (χ1) is 17.1. The summed E-state index contributed by atoms with van der Waals surface area (Å²) in [7, 11) is 0. The highest BCUT2D eigenvalue weighted by Gasteiger charge is 2.23. The fourth-order valence-corrected chi connectivity index (χ4v) is 5.22. The van der Waals surface area contributed by atoms with Gasteiger partial charge in [0.1, 0.15) is 23.5 Å². The number of imidazole rings is 1. The van der Waals surface area contributed by atoms with E-state index in [2.05, 4.69) is 30.4 Å². The van der Waals surface area contributed by atoms with Crippen molar-refractivity contribution in [1.82, 2.24) is 35.0 Å². The minimum atomic E-state index is -0.380. The average Bonchev–Trinajstić information content (AvgIpc) is 3.68. The van der Waals surface area contributed by atoms with Crippen LogP contribution in [0.5, 0.6) is 0 Å². The molecule has 176 valence electrons. The topological polar surface area (TPSA) is 101 Å². The molecule has 0 bridgehead atoms. The summed E-state index contributed by atoms with van der Waals surface area (Å²) in [6.07, 6.45) is 9.45. The van der Waals surface area contributed by atoms with Gasteiger partial charge in [0.05, 0.1) is 11.9 Å². The predicted molar refractivity (Wildman–Crippen MR) is 131 cm³/mol. The summed E-state index contributed by atoms with van der Waals surface area (Å²) in [5.74, 6) is 0.490. The van der Waals surface area contributed by atoms with E-state index in [9.17, 15) is 9.18 Å². The van der Waals surface area contributed by atoms with E-state index in [4.69, 9.17) is 0 Å². The molecule has 5 aromatic rings. The number of amides is 1. The lowest BCUT2D eigenvalue weighted by atomic mass is 10.1. The molecule has 4 aromatic heterocycles. The Morgan fingerprint density at radius 2 is 2.09 bits per heavy atom. The number of halogens is 1. The van der Waals surface area contributed by atoms with Gasteiger partial charge < -0.3 is 10.3 Å². The molecular formula is C25H22FN7OS. The Kier molecular flexibility index (Phi) is 5.57. The summed E-state index contributed by atoms with van der Waals surface area (Å²) >= 11 is 1.58. The van der Waals surface area contributed by atoms with Crippen LogP contribution in [0.1, 0.15) is 53.5 Å². The van der Waals surface area contributed by atoms with Gasteiger partial charge in [0.25, 0.3) is 5.91 Å². The number of carbonyl (C=O) groups is 1. The molecule has 8 nitrogen and oxygen atoms in total. The number of hydrogen-bond acceptors (Lipinski definition) is 6. The van der Waals surface area contributed by atoms with Gasteiger partial charge in [-0.1, -0.05) is 12.8 Å². The lowest BCUT2D eigenvalue weighted by Crippen LogP contribution is -2.24. The van der Waals surface area contributed by atoms with Gasteiger partial charge in [0.2, 0.25) is 0 Å². The molecule has 0 unspecified atom stereocenters. The number of hydrogen-bond donors (Lipinski definition) is 2. The van der Waals surface area contributed by atoms with E-state index in [1.807, 2.05) is 29.1 Å². The minimum absolute atomic E-state index is 0.150. The van der Waals surface area contributed by atoms with Gasteiger partial charge in [-0.05, 0) is 53.6 Å². The van der Waals surface area contributed by atoms with Gasteiger partial charge in [0, 0.05) is 29.6 Å². The molecule has 2 N–H and O–H groups in total. The molecule has 0 radical (unpaired) electrons. The predicted octanol–water partition coefficient (Wildman–Crippen LogP) is 4.99. The summed E-state index contributed by atoms with van der Waals surface area (Å²) in [5.41, 5.74) is 4.33. The number of aromatic amines is 1. The number of aromatic nitrogens is 6. The van der Waals surface area contributed by atoms with Gasteiger partial charge in [-0.3, -0.25) is 4.79 Å². The lowest BCUT2D eigenvalue weighted by Gasteiger charge is -2.08. The third kappa shape index (κ3) is 4.32. The zero-order valence-corrected chi connectivity index (χ0v) is 19.6. The van der Waals surface area contributed by atoms with Crippen molar-refractivity contribution >= 4 is 28.4 Å². The molecule has 6 rings (SSSR count). The summed E-state index contributed by atoms with van der Waals surface area (Å²) in [5, 5.41) is 11.2. The molecule has 35 heavy (non-hydrogen) atoms. The second-order valence-corrected chi connectivity index (χ2v) is 9.49. The molecular weight excluding hydrogens is 465 g/mol. The summed E-state index contributed by atoms with van der Waals surface area (Å²) < 4.78 is 16.2. The van der Waals surface area contributed by atoms with Crippen LogP contribution in [0.4, 0.5) is 4.39 Å². The van der Waals surface area contributed by atoms with Crippen LogP contribution in [0, 0.1) is 5.82 Å². The maximum Gasteiger partial charge on any atom is 0.272 e. The largest absolute Gasteiger partial charge is 0.347 e. The van der Waals surface area contributed by atoms with Gasteiger partial charge in [-0.25, -0.2) is 24.0 Å². The zero-order valence-electron chi connectivity index (χ0n) is 18.7. The lowest BCUT2D eigenvalue weighted by molar-refractivity contribution is 0.0947. The molecule has 1 fully saturated rings. The summed E-state index contributed by atoms with van der Waals surface area (Å²) in [6.45, 7) is 0.150. The van der Waals surface area contributed by atoms with Crippen molar-refractivity contribution < 1.29 is 9.18 Å². The first kappa shape index (κ1) is 21.6. The average molecular weight is 488 g/mol. The number of fused-ring (bicyclic) bond motifs is 1. The summed E-state index contributed by atoms with van der Waals surface area (Å²) in [4.78, 5) is 29.3. The number of rotatable bonds is 6. The molecule has 1 saturated carbocycles. The second-order valence-electron chi connectivity index (χ2n) is 8.71. The first-order valence-electron chi connectivity index (χ1n) is 11.5. The molecule has 0 spiro atoms. The number of nitrogens with one attached hydrogen (secondary N) is 2. The van der Waals surface area contributed by atoms with Crippen molar-refractivity contribution in [3.05, 3.63) is 76.6 Å². The van der Waals surface area contributed by atoms with E-state index < -0.39 is 0 Å². The Morgan fingerprint density at radius 1 is 1.20 bits per heavy atom. The van der Waals surface area contributed by atoms with E-state index in [0.717, 1.165) is 29.9 Å². The molecule has 4 heterocycles. The van der Waals surface area contributed by atoms with Crippen LogP contribution in [0.3, 0.4) is 0 Å². The zero-order chi connectivity index (χ0) is 23.8. The van der Waals surface area contributed by atoms with Crippen molar-refractivity contribution in [2.45, 2.75) is 38.1 Å². The molecule has 10 heteroatoms. The van der Waals surface area contributed by atoms with Crippen LogP contribution in [-0.2, 0) is 6.54 Å². The Bertz CT molecular complexity index is 1500. The molecule has 1 aromatic carbocycles. The molecule has 1 amide bonds. The van der Waals surface area contributed by atoms with E-state index >= 15 is 0 Å². The highest BCUT2D eigenvalue weighted by atomic mass is 32.1. The van der Waals surface area contributed by atoms with Gasteiger partial charge >= 0.3 is 0 Å². The molecule has 0 atom stereocenters. The molecule has 1 aliphatic carbocycles. The standard InChI is InChI=1S/C25H22FN7OS/c26-19-8-15(7-17(9-19)18-11-30-33(12-18)20-5-6-35-13-20)10-27-25(34)22-21-24(29-14-28-22)32-23(31-21)16-3-1-2-4-16/h5-9,11-14,16H,1-4,10H2,(H,27,34)(H,28,29,31,32). The molecule has 0 aliphatic heterocycles. The Hall–Kier alpha value is -3.92. The molecule has 1 aliphatic rings. The van der Waals surface area contributed by atoms with E-state index in [-0.39, 0.29) is 24.0 Å². The maximum atomic E-state index is 14.4. The number of nitrogens with zero attached hydrogens (tertiary/aromatic N) is 5. The number of benzene rings is 1. The fourth-order valence-electron chi connectivity index (χ4n) is 4.60. The quantitative estimate of drug-likeness (QED) is 0.351.